The summed E-state index contributed by atoms with van der Waals surface area (Å²) < 4.78 is 33.0. The van der Waals surface area contributed by atoms with Crippen LogP contribution in [0, 0.1) is 6.92 Å². The molecular weight excluding hydrogens is 376 g/mol. The molecule has 2 aromatic rings. The van der Waals surface area contributed by atoms with Gasteiger partial charge in [-0.3, -0.25) is 9.52 Å². The van der Waals surface area contributed by atoms with Crippen LogP contribution in [-0.2, 0) is 10.0 Å². The van der Waals surface area contributed by atoms with Gasteiger partial charge in [-0.2, -0.15) is 0 Å². The normalized spacial score (nSPS) is 11.1. The number of amides is 1. The minimum Gasteiger partial charge on any atom is -0.497 e. The predicted molar refractivity (Wildman–Crippen MR) is 111 cm³/mol. The monoisotopic (exact) mass is 404 g/mol. The van der Waals surface area contributed by atoms with Crippen LogP contribution >= 0.6 is 0 Å². The fraction of sp³-hybridized carbons (Fsp3) is 0.381. The van der Waals surface area contributed by atoms with Gasteiger partial charge in [0, 0.05) is 17.8 Å². The zero-order valence-electron chi connectivity index (χ0n) is 16.6. The second-order valence-corrected chi connectivity index (χ2v) is 8.31. The van der Waals surface area contributed by atoms with Gasteiger partial charge in [-0.25, -0.2) is 8.42 Å². The highest BCUT2D eigenvalue weighted by Gasteiger charge is 2.18. The number of aryl methyl sites for hydroxylation is 1. The molecule has 0 aliphatic rings. The molecule has 6 nitrogen and oxygen atoms in total. The van der Waals surface area contributed by atoms with E-state index < -0.39 is 10.0 Å². The number of carbonyl (C=O) groups excluding carboxylic acids is 1. The zero-order valence-corrected chi connectivity index (χ0v) is 17.4. The zero-order chi connectivity index (χ0) is 20.6. The summed E-state index contributed by atoms with van der Waals surface area (Å²) in [5, 5.41) is 2.87. The fourth-order valence-electron chi connectivity index (χ4n) is 2.73. The Bertz CT molecular complexity index is 893. The second-order valence-electron chi connectivity index (χ2n) is 6.63. The highest BCUT2D eigenvalue weighted by Crippen LogP contribution is 2.21. The summed E-state index contributed by atoms with van der Waals surface area (Å²) in [7, 11) is -2.27. The van der Waals surface area contributed by atoms with Crippen molar-refractivity contribution < 1.29 is 17.9 Å². The average molecular weight is 405 g/mol. The lowest BCUT2D eigenvalue weighted by Gasteiger charge is -2.12. The van der Waals surface area contributed by atoms with Crippen molar-refractivity contribution in [1.82, 2.24) is 5.32 Å². The van der Waals surface area contributed by atoms with Crippen molar-refractivity contribution in [3.8, 4) is 5.75 Å². The first-order valence-electron chi connectivity index (χ1n) is 9.43. The lowest BCUT2D eigenvalue weighted by Crippen LogP contribution is -2.25. The Morgan fingerprint density at radius 3 is 2.39 bits per heavy atom. The molecule has 2 rings (SSSR count). The van der Waals surface area contributed by atoms with Gasteiger partial charge >= 0.3 is 0 Å². The van der Waals surface area contributed by atoms with E-state index in [1.54, 1.807) is 44.4 Å². The molecule has 2 aromatic carbocycles. The van der Waals surface area contributed by atoms with Crippen LogP contribution in [0.3, 0.4) is 0 Å². The molecule has 0 fully saturated rings. The van der Waals surface area contributed by atoms with Gasteiger partial charge in [-0.1, -0.05) is 32.3 Å². The van der Waals surface area contributed by atoms with Crippen LogP contribution < -0.4 is 14.8 Å². The smallest absolute Gasteiger partial charge is 0.261 e. The summed E-state index contributed by atoms with van der Waals surface area (Å²) in [4.78, 5) is 12.5. The molecule has 0 spiro atoms. The van der Waals surface area contributed by atoms with E-state index in [0.29, 0.717) is 23.5 Å². The standard InChI is InChI=1S/C21H28N2O4S/c1-4-5-6-7-14-22-21(24)20-15-19(13-8-16(20)2)28(25,26)23-17-9-11-18(27-3)12-10-17/h8-13,15,23H,4-7,14H2,1-3H3,(H,22,24). The molecule has 0 saturated carbocycles. The number of sulfonamides is 1. The van der Waals surface area contributed by atoms with Crippen molar-refractivity contribution in [3.63, 3.8) is 0 Å². The Balaban J connectivity index is 2.12. The van der Waals surface area contributed by atoms with Gasteiger partial charge < -0.3 is 10.1 Å². The molecule has 0 bridgehead atoms. The molecule has 0 saturated heterocycles. The number of carbonyl (C=O) groups is 1. The summed E-state index contributed by atoms with van der Waals surface area (Å²) in [5.74, 6) is 0.381. The number of hydrogen-bond acceptors (Lipinski definition) is 4. The molecule has 28 heavy (non-hydrogen) atoms. The van der Waals surface area contributed by atoms with Crippen LogP contribution in [0.2, 0.25) is 0 Å². The maximum absolute atomic E-state index is 12.7. The van der Waals surface area contributed by atoms with Crippen LogP contribution in [0.1, 0.15) is 48.5 Å². The third-order valence-corrected chi connectivity index (χ3v) is 5.80. The van der Waals surface area contributed by atoms with Crippen molar-refractivity contribution in [3.05, 3.63) is 53.6 Å². The molecule has 0 aromatic heterocycles. The summed E-state index contributed by atoms with van der Waals surface area (Å²) >= 11 is 0. The maximum Gasteiger partial charge on any atom is 0.261 e. The predicted octanol–water partition coefficient (Wildman–Crippen LogP) is 4.11. The third kappa shape index (κ3) is 5.99. The first kappa shape index (κ1) is 21.8. The fourth-order valence-corrected chi connectivity index (χ4v) is 3.82. The highest BCUT2D eigenvalue weighted by atomic mass is 32.2. The third-order valence-electron chi connectivity index (χ3n) is 4.42. The first-order chi connectivity index (χ1) is 13.4. The average Bonchev–Trinajstić information content (AvgIpc) is 2.68. The number of methoxy groups -OCH3 is 1. The molecule has 0 radical (unpaired) electrons. The Kier molecular flexibility index (Phi) is 7.87. The summed E-state index contributed by atoms with van der Waals surface area (Å²) in [6.07, 6.45) is 4.25. The largest absolute Gasteiger partial charge is 0.497 e. The lowest BCUT2D eigenvalue weighted by molar-refractivity contribution is 0.0952. The van der Waals surface area contributed by atoms with E-state index in [1.165, 1.54) is 12.1 Å². The minimum absolute atomic E-state index is 0.0463. The molecule has 1 amide bonds. The van der Waals surface area contributed by atoms with Crippen molar-refractivity contribution in [2.45, 2.75) is 44.4 Å². The van der Waals surface area contributed by atoms with E-state index >= 15 is 0 Å². The molecular formula is C21H28N2O4S. The quantitative estimate of drug-likeness (QED) is 0.584. The van der Waals surface area contributed by atoms with Crippen LogP contribution in [0.25, 0.3) is 0 Å². The van der Waals surface area contributed by atoms with E-state index in [1.807, 2.05) is 0 Å². The molecule has 0 aliphatic heterocycles. The second kappa shape index (κ2) is 10.1. The molecule has 7 heteroatoms. The Morgan fingerprint density at radius 2 is 1.75 bits per heavy atom. The lowest BCUT2D eigenvalue weighted by atomic mass is 10.1. The Labute approximate surface area is 167 Å². The van der Waals surface area contributed by atoms with Gasteiger partial charge in [-0.15, -0.1) is 0 Å². The van der Waals surface area contributed by atoms with Gasteiger partial charge in [0.1, 0.15) is 5.75 Å². The summed E-state index contributed by atoms with van der Waals surface area (Å²) in [6, 6.07) is 11.1. The number of anilines is 1. The topological polar surface area (TPSA) is 84.5 Å². The van der Waals surface area contributed by atoms with Gasteiger partial charge in [0.15, 0.2) is 0 Å². The van der Waals surface area contributed by atoms with Crippen LogP contribution in [0.5, 0.6) is 5.75 Å². The first-order valence-corrected chi connectivity index (χ1v) is 10.9. The number of benzene rings is 2. The molecule has 0 aliphatic carbocycles. The van der Waals surface area contributed by atoms with Gasteiger partial charge in [-0.05, 0) is 55.3 Å². The molecule has 0 heterocycles. The van der Waals surface area contributed by atoms with Crippen molar-refractivity contribution in [2.75, 3.05) is 18.4 Å². The molecule has 0 unspecified atom stereocenters. The number of nitrogens with one attached hydrogen (secondary N) is 2. The number of ether oxygens (including phenoxy) is 1. The van der Waals surface area contributed by atoms with E-state index in [9.17, 15) is 13.2 Å². The maximum atomic E-state index is 12.7. The Hall–Kier alpha value is -2.54. The summed E-state index contributed by atoms with van der Waals surface area (Å²) in [6.45, 7) is 4.51. The van der Waals surface area contributed by atoms with E-state index in [4.69, 9.17) is 4.74 Å². The molecule has 0 atom stereocenters. The molecule has 152 valence electrons. The van der Waals surface area contributed by atoms with Gasteiger partial charge in [0.2, 0.25) is 0 Å². The minimum atomic E-state index is -3.81. The van der Waals surface area contributed by atoms with Crippen molar-refractivity contribution in [1.29, 1.82) is 0 Å². The highest BCUT2D eigenvalue weighted by molar-refractivity contribution is 7.92. The SMILES string of the molecule is CCCCCCNC(=O)c1cc(S(=O)(=O)Nc2ccc(OC)cc2)ccc1C. The number of hydrogen-bond donors (Lipinski definition) is 2. The van der Waals surface area contributed by atoms with E-state index in [2.05, 4.69) is 17.0 Å². The van der Waals surface area contributed by atoms with Gasteiger partial charge in [0.05, 0.1) is 12.0 Å². The van der Waals surface area contributed by atoms with Crippen LogP contribution in [-0.4, -0.2) is 28.0 Å². The summed E-state index contributed by atoms with van der Waals surface area (Å²) in [5.41, 5.74) is 1.52. The van der Waals surface area contributed by atoms with Crippen molar-refractivity contribution in [2.24, 2.45) is 0 Å². The van der Waals surface area contributed by atoms with Gasteiger partial charge in [0.25, 0.3) is 15.9 Å². The number of rotatable bonds is 10. The van der Waals surface area contributed by atoms with Crippen LogP contribution in [0.4, 0.5) is 5.69 Å². The van der Waals surface area contributed by atoms with E-state index in [0.717, 1.165) is 31.2 Å². The van der Waals surface area contributed by atoms with E-state index in [-0.39, 0.29) is 10.8 Å². The molecule has 2 N–H and O–H groups in total. The van der Waals surface area contributed by atoms with Crippen molar-refractivity contribution >= 4 is 21.6 Å². The number of unbranched alkanes of at least 4 members (excludes halogenated alkanes) is 3. The van der Waals surface area contributed by atoms with Crippen LogP contribution in [0.15, 0.2) is 47.4 Å². The Morgan fingerprint density at radius 1 is 1.04 bits per heavy atom.